The number of alkyl carbamates (subject to hydrolysis) is 1. The third-order valence-electron chi connectivity index (χ3n) is 10.2. The van der Waals surface area contributed by atoms with Crippen molar-refractivity contribution in [1.82, 2.24) is 26.2 Å². The fraction of sp³-hybridized carbons (Fsp3) is 0.730. The van der Waals surface area contributed by atoms with Crippen molar-refractivity contribution in [1.29, 1.82) is 0 Å². The van der Waals surface area contributed by atoms with Crippen molar-refractivity contribution >= 4 is 35.5 Å². The number of rotatable bonds is 15. The van der Waals surface area contributed by atoms with Crippen molar-refractivity contribution in [2.75, 3.05) is 19.7 Å². The van der Waals surface area contributed by atoms with E-state index in [2.05, 4.69) is 34.4 Å². The van der Waals surface area contributed by atoms with Crippen LogP contribution in [0.4, 0.5) is 4.79 Å². The van der Waals surface area contributed by atoms with Gasteiger partial charge in [-0.2, -0.15) is 0 Å². The summed E-state index contributed by atoms with van der Waals surface area (Å²) in [7, 11) is 0. The van der Waals surface area contributed by atoms with E-state index in [4.69, 9.17) is 4.74 Å². The minimum atomic E-state index is -1.07. The summed E-state index contributed by atoms with van der Waals surface area (Å²) in [4.78, 5) is 82.9. The van der Waals surface area contributed by atoms with Crippen molar-refractivity contribution < 1.29 is 33.5 Å². The molecule has 3 rings (SSSR count). The van der Waals surface area contributed by atoms with Gasteiger partial charge in [0.25, 0.3) is 5.91 Å². The summed E-state index contributed by atoms with van der Waals surface area (Å²) >= 11 is 0. The smallest absolute Gasteiger partial charge is 0.407 e. The number of hydrogen-bond donors (Lipinski definition) is 4. The molecule has 12 nitrogen and oxygen atoms in total. The molecule has 0 aromatic carbocycles. The summed E-state index contributed by atoms with van der Waals surface area (Å²) in [5, 5.41) is 11.1. The van der Waals surface area contributed by atoms with Crippen LogP contribution in [0.2, 0.25) is 0 Å². The average Bonchev–Trinajstić information content (AvgIpc) is 3.78. The molecule has 1 heterocycles. The van der Waals surface area contributed by atoms with Crippen LogP contribution in [0, 0.1) is 28.6 Å². The van der Waals surface area contributed by atoms with Gasteiger partial charge in [0.05, 0.1) is 12.6 Å². The molecule has 0 aromatic rings. The lowest BCUT2D eigenvalue weighted by Gasteiger charge is -2.42. The van der Waals surface area contributed by atoms with Crippen LogP contribution in [0.25, 0.3) is 0 Å². The Morgan fingerprint density at radius 1 is 1.02 bits per heavy atom. The highest BCUT2D eigenvalue weighted by Gasteiger charge is 2.50. The zero-order chi connectivity index (χ0) is 36.7. The molecule has 1 unspecified atom stereocenters. The molecule has 2 saturated carbocycles. The average molecular weight is 686 g/mol. The monoisotopic (exact) mass is 685 g/mol. The molecule has 12 heteroatoms. The zero-order valence-electron chi connectivity index (χ0n) is 30.6. The van der Waals surface area contributed by atoms with Gasteiger partial charge in [0.1, 0.15) is 18.1 Å². The van der Waals surface area contributed by atoms with E-state index in [1.165, 1.54) is 11.0 Å². The lowest BCUT2D eigenvalue weighted by Crippen LogP contribution is -2.63. The van der Waals surface area contributed by atoms with E-state index in [0.717, 1.165) is 44.9 Å². The van der Waals surface area contributed by atoms with E-state index in [9.17, 15) is 28.8 Å². The molecule has 2 aliphatic carbocycles. The summed E-state index contributed by atoms with van der Waals surface area (Å²) < 4.78 is 5.14. The molecule has 3 fully saturated rings. The summed E-state index contributed by atoms with van der Waals surface area (Å²) in [5.74, 6) is -3.34. The molecule has 49 heavy (non-hydrogen) atoms. The number of ketones is 1. The van der Waals surface area contributed by atoms with Crippen LogP contribution >= 0.6 is 0 Å². The van der Waals surface area contributed by atoms with Crippen LogP contribution < -0.4 is 21.3 Å². The molecular formula is C37H59N5O7. The second-order valence-corrected chi connectivity index (χ2v) is 15.8. The van der Waals surface area contributed by atoms with Gasteiger partial charge >= 0.3 is 6.09 Å². The van der Waals surface area contributed by atoms with E-state index >= 15 is 0 Å². The predicted molar refractivity (Wildman–Crippen MR) is 187 cm³/mol. The first-order chi connectivity index (χ1) is 22.9. The molecule has 274 valence electrons. The van der Waals surface area contributed by atoms with Gasteiger partial charge in [-0.15, -0.1) is 6.58 Å². The summed E-state index contributed by atoms with van der Waals surface area (Å²) in [5.41, 5.74) is -0.650. The number of carbonyl (C=O) groups excluding carboxylic acids is 6. The first-order valence-electron chi connectivity index (χ1n) is 17.9. The summed E-state index contributed by atoms with van der Waals surface area (Å²) in [6.07, 6.45) is 7.23. The number of amides is 5. The Balaban J connectivity index is 1.94. The Labute approximate surface area is 292 Å². The minimum Gasteiger partial charge on any atom is -0.450 e. The highest BCUT2D eigenvalue weighted by molar-refractivity contribution is 6.38. The maximum absolute atomic E-state index is 14.6. The van der Waals surface area contributed by atoms with Gasteiger partial charge in [-0.25, -0.2) is 4.79 Å². The fourth-order valence-corrected chi connectivity index (χ4v) is 7.32. The maximum atomic E-state index is 14.6. The van der Waals surface area contributed by atoms with E-state index < -0.39 is 76.4 Å². The van der Waals surface area contributed by atoms with Crippen molar-refractivity contribution in [3.63, 3.8) is 0 Å². The SMILES string of the molecule is C=CCNC(=O)C(=O)C(CC1CC1)NC(=O)[C@@H]1[C@@H](C(C)C)C(=C)CN1C(=O)[C@@H](NC(=O)[C@@H](NC(=O)OCC)C1(C)CCCCC1)C(C)(C)C. The lowest BCUT2D eigenvalue weighted by atomic mass is 9.70. The summed E-state index contributed by atoms with van der Waals surface area (Å²) in [6, 6.07) is -4.08. The Bertz CT molecular complexity index is 1280. The first kappa shape index (κ1) is 39.7. The fourth-order valence-electron chi connectivity index (χ4n) is 7.32. The number of likely N-dealkylation sites (tertiary alicyclic amines) is 1. The van der Waals surface area contributed by atoms with Crippen LogP contribution in [-0.4, -0.2) is 84.3 Å². The van der Waals surface area contributed by atoms with Crippen LogP contribution in [0.15, 0.2) is 24.8 Å². The minimum absolute atomic E-state index is 0.0818. The first-order valence-corrected chi connectivity index (χ1v) is 17.9. The molecule has 1 saturated heterocycles. The number of nitrogens with zero attached hydrogens (tertiary/aromatic N) is 1. The van der Waals surface area contributed by atoms with E-state index in [-0.39, 0.29) is 31.5 Å². The highest BCUT2D eigenvalue weighted by Crippen LogP contribution is 2.40. The van der Waals surface area contributed by atoms with Crippen molar-refractivity contribution in [2.45, 2.75) is 124 Å². The second kappa shape index (κ2) is 16.8. The van der Waals surface area contributed by atoms with E-state index in [0.29, 0.717) is 12.0 Å². The van der Waals surface area contributed by atoms with Gasteiger partial charge in [0.15, 0.2) is 0 Å². The third kappa shape index (κ3) is 10.2. The molecule has 4 N–H and O–H groups in total. The molecule has 5 atom stereocenters. The molecule has 5 amide bonds. The standard InChI is InChI=1S/C37H59N5O7/c1-10-19-38-32(45)28(43)25(20-24-15-16-24)39-31(44)27-26(22(3)4)23(5)21-42(27)34(47)30(36(6,7)8)40-33(46)29(41-35(48)49-11-2)37(9)17-13-12-14-18-37/h10,22,24-27,29-30H,1,5,11-21H2,2-4,6-9H3,(H,38,45)(H,39,44)(H,40,46)(H,41,48)/t25?,26-,27-,29+,30+/m0/s1. The number of Topliss-reactive ketones (excluding diaryl/α,β-unsaturated/α-hetero) is 1. The molecule has 0 aromatic heterocycles. The Morgan fingerprint density at radius 3 is 2.18 bits per heavy atom. The van der Waals surface area contributed by atoms with Gasteiger partial charge in [0.2, 0.25) is 23.5 Å². The molecule has 3 aliphatic rings. The van der Waals surface area contributed by atoms with Crippen LogP contribution in [0.1, 0.15) is 99.8 Å². The van der Waals surface area contributed by atoms with Gasteiger partial charge < -0.3 is 30.9 Å². The number of ether oxygens (including phenoxy) is 1. The molecule has 0 radical (unpaired) electrons. The van der Waals surface area contributed by atoms with Crippen molar-refractivity contribution in [3.8, 4) is 0 Å². The van der Waals surface area contributed by atoms with Gasteiger partial charge in [-0.1, -0.05) is 91.9 Å². The predicted octanol–water partition coefficient (Wildman–Crippen LogP) is 3.80. The lowest BCUT2D eigenvalue weighted by molar-refractivity contribution is -0.146. The number of carbonyl (C=O) groups is 6. The van der Waals surface area contributed by atoms with Gasteiger partial charge in [-0.3, -0.25) is 24.0 Å². The van der Waals surface area contributed by atoms with Crippen molar-refractivity contribution in [2.24, 2.45) is 28.6 Å². The molecule has 0 bridgehead atoms. The number of hydrogen-bond acceptors (Lipinski definition) is 7. The van der Waals surface area contributed by atoms with Crippen LogP contribution in [0.3, 0.4) is 0 Å². The Morgan fingerprint density at radius 2 is 1.65 bits per heavy atom. The Kier molecular flexibility index (Phi) is 13.6. The summed E-state index contributed by atoms with van der Waals surface area (Å²) in [6.45, 7) is 21.2. The normalized spacial score (nSPS) is 22.4. The van der Waals surface area contributed by atoms with E-state index in [1.807, 2.05) is 41.5 Å². The van der Waals surface area contributed by atoms with Crippen LogP contribution in [-0.2, 0) is 28.7 Å². The zero-order valence-corrected chi connectivity index (χ0v) is 30.6. The van der Waals surface area contributed by atoms with E-state index in [1.54, 1.807) is 6.92 Å². The largest absolute Gasteiger partial charge is 0.450 e. The second-order valence-electron chi connectivity index (χ2n) is 15.8. The Hall–Kier alpha value is -3.70. The molecule has 0 spiro atoms. The van der Waals surface area contributed by atoms with Gasteiger partial charge in [0, 0.05) is 19.0 Å². The molecular weight excluding hydrogens is 626 g/mol. The highest BCUT2D eigenvalue weighted by atomic mass is 16.5. The third-order valence-corrected chi connectivity index (χ3v) is 10.2. The molecule has 1 aliphatic heterocycles. The topological polar surface area (TPSA) is 163 Å². The van der Waals surface area contributed by atoms with Gasteiger partial charge in [-0.05, 0) is 48.9 Å². The van der Waals surface area contributed by atoms with Crippen LogP contribution in [0.5, 0.6) is 0 Å². The van der Waals surface area contributed by atoms with Crippen molar-refractivity contribution in [3.05, 3.63) is 24.8 Å². The quantitative estimate of drug-likeness (QED) is 0.151. The number of nitrogens with one attached hydrogen (secondary N) is 4. The maximum Gasteiger partial charge on any atom is 0.407 e.